The molecule has 0 aliphatic heterocycles. The van der Waals surface area contributed by atoms with Crippen molar-refractivity contribution in [1.82, 2.24) is 0 Å². The first kappa shape index (κ1) is 11.9. The molecule has 88 valence electrons. The van der Waals surface area contributed by atoms with Gasteiger partial charge in [0.2, 0.25) is 0 Å². The van der Waals surface area contributed by atoms with E-state index in [1.807, 2.05) is 11.3 Å². The lowest BCUT2D eigenvalue weighted by Gasteiger charge is -2.32. The Bertz CT molecular complexity index is 362. The van der Waals surface area contributed by atoms with E-state index >= 15 is 0 Å². The van der Waals surface area contributed by atoms with Crippen LogP contribution in [0.3, 0.4) is 0 Å². The number of hydrogen-bond acceptors (Lipinski definition) is 2. The number of aryl methyl sites for hydroxylation is 1. The van der Waals surface area contributed by atoms with Crippen molar-refractivity contribution in [3.63, 3.8) is 0 Å². The van der Waals surface area contributed by atoms with Crippen molar-refractivity contribution in [3.8, 4) is 0 Å². The van der Waals surface area contributed by atoms with Crippen molar-refractivity contribution in [2.45, 2.75) is 45.6 Å². The Hall–Kier alpha value is -0.600. The van der Waals surface area contributed by atoms with Crippen LogP contribution < -0.4 is 0 Å². The minimum atomic E-state index is -0.234. The Labute approximate surface area is 102 Å². The van der Waals surface area contributed by atoms with Crippen molar-refractivity contribution in [2.75, 3.05) is 0 Å². The Balaban J connectivity index is 1.94. The monoisotopic (exact) mass is 236 g/mol. The zero-order chi connectivity index (χ0) is 11.6. The molecule has 1 aromatic heterocycles. The van der Waals surface area contributed by atoms with E-state index in [-0.39, 0.29) is 11.5 Å². The van der Waals surface area contributed by atoms with Gasteiger partial charge >= 0.3 is 0 Å². The summed E-state index contributed by atoms with van der Waals surface area (Å²) < 4.78 is 0. The first-order chi connectivity index (χ1) is 7.55. The quantitative estimate of drug-likeness (QED) is 0.792. The largest absolute Gasteiger partial charge is 0.389 e. The third kappa shape index (κ3) is 3.19. The molecule has 0 saturated carbocycles. The van der Waals surface area contributed by atoms with Gasteiger partial charge in [0.1, 0.15) is 0 Å². The smallest absolute Gasteiger partial charge is 0.0728 e. The number of aliphatic hydroxyl groups is 1. The molecule has 1 heterocycles. The van der Waals surface area contributed by atoms with Gasteiger partial charge in [0, 0.05) is 4.88 Å². The second-order valence-corrected chi connectivity index (χ2v) is 6.55. The van der Waals surface area contributed by atoms with Crippen molar-refractivity contribution < 1.29 is 5.11 Å². The third-order valence-corrected chi connectivity index (χ3v) is 4.10. The van der Waals surface area contributed by atoms with E-state index in [1.54, 1.807) is 0 Å². The summed E-state index contributed by atoms with van der Waals surface area (Å²) in [6.07, 6.45) is 6.08. The molecule has 0 amide bonds. The molecule has 0 radical (unpaired) electrons. The SMILES string of the molecule is CC1(C)CC(CCc2cccs2)=CC(O)C1. The number of thiophene rings is 1. The summed E-state index contributed by atoms with van der Waals surface area (Å²) >= 11 is 1.82. The summed E-state index contributed by atoms with van der Waals surface area (Å²) in [5.41, 5.74) is 1.69. The highest BCUT2D eigenvalue weighted by Crippen LogP contribution is 2.37. The van der Waals surface area contributed by atoms with Crippen LogP contribution in [0.1, 0.15) is 38.0 Å². The highest BCUT2D eigenvalue weighted by atomic mass is 32.1. The van der Waals surface area contributed by atoms with E-state index in [9.17, 15) is 5.11 Å². The van der Waals surface area contributed by atoms with Gasteiger partial charge in [0.05, 0.1) is 6.10 Å². The van der Waals surface area contributed by atoms with Crippen LogP contribution in [0.15, 0.2) is 29.2 Å². The molecule has 1 unspecified atom stereocenters. The lowest BCUT2D eigenvalue weighted by atomic mass is 9.75. The number of allylic oxidation sites excluding steroid dienone is 1. The number of hydrogen-bond donors (Lipinski definition) is 1. The lowest BCUT2D eigenvalue weighted by Crippen LogP contribution is -2.25. The molecule has 16 heavy (non-hydrogen) atoms. The van der Waals surface area contributed by atoms with Gasteiger partial charge in [-0.1, -0.05) is 31.6 Å². The summed E-state index contributed by atoms with van der Waals surface area (Å²) in [6, 6.07) is 4.30. The van der Waals surface area contributed by atoms with E-state index in [2.05, 4.69) is 37.4 Å². The molecule has 2 rings (SSSR count). The highest BCUT2D eigenvalue weighted by molar-refractivity contribution is 7.09. The first-order valence-electron chi connectivity index (χ1n) is 5.95. The predicted octanol–water partition coefficient (Wildman–Crippen LogP) is 3.79. The van der Waals surface area contributed by atoms with E-state index in [1.165, 1.54) is 10.5 Å². The minimum Gasteiger partial charge on any atom is -0.389 e. The predicted molar refractivity (Wildman–Crippen MR) is 69.7 cm³/mol. The summed E-state index contributed by atoms with van der Waals surface area (Å²) in [5, 5.41) is 11.9. The average Bonchev–Trinajstić information content (AvgIpc) is 2.63. The number of rotatable bonds is 3. The van der Waals surface area contributed by atoms with E-state index in [0.29, 0.717) is 0 Å². The lowest BCUT2D eigenvalue weighted by molar-refractivity contribution is 0.137. The molecular weight excluding hydrogens is 216 g/mol. The normalized spacial score (nSPS) is 24.2. The van der Waals surface area contributed by atoms with Crippen LogP contribution in [0.4, 0.5) is 0 Å². The maximum atomic E-state index is 9.80. The fourth-order valence-electron chi connectivity index (χ4n) is 2.55. The molecule has 0 spiro atoms. The molecule has 0 fully saturated rings. The van der Waals surface area contributed by atoms with E-state index in [4.69, 9.17) is 0 Å². The molecule has 1 aliphatic rings. The molecular formula is C14H20OS. The van der Waals surface area contributed by atoms with Gasteiger partial charge in [0.25, 0.3) is 0 Å². The first-order valence-corrected chi connectivity index (χ1v) is 6.83. The molecule has 0 aromatic carbocycles. The standard InChI is InChI=1S/C14H20OS/c1-14(2)9-11(8-12(15)10-14)5-6-13-4-3-7-16-13/h3-4,7-8,12,15H,5-6,9-10H2,1-2H3. The third-order valence-electron chi connectivity index (χ3n) is 3.17. The number of aliphatic hydroxyl groups excluding tert-OH is 1. The van der Waals surface area contributed by atoms with Crippen molar-refractivity contribution >= 4 is 11.3 Å². The summed E-state index contributed by atoms with van der Waals surface area (Å²) in [6.45, 7) is 4.49. The fourth-order valence-corrected chi connectivity index (χ4v) is 3.26. The molecule has 1 nitrogen and oxygen atoms in total. The Morgan fingerprint density at radius 2 is 2.25 bits per heavy atom. The van der Waals surface area contributed by atoms with Crippen LogP contribution in [-0.2, 0) is 6.42 Å². The average molecular weight is 236 g/mol. The van der Waals surface area contributed by atoms with Gasteiger partial charge in [-0.05, 0) is 42.5 Å². The molecule has 1 atom stereocenters. The van der Waals surface area contributed by atoms with Gasteiger partial charge in [0.15, 0.2) is 0 Å². The van der Waals surface area contributed by atoms with Gasteiger partial charge in [-0.3, -0.25) is 0 Å². The van der Waals surface area contributed by atoms with Gasteiger partial charge in [-0.2, -0.15) is 0 Å². The molecule has 1 aromatic rings. The molecule has 0 bridgehead atoms. The van der Waals surface area contributed by atoms with Crippen molar-refractivity contribution in [2.24, 2.45) is 5.41 Å². The fraction of sp³-hybridized carbons (Fsp3) is 0.571. The topological polar surface area (TPSA) is 20.2 Å². The Kier molecular flexibility index (Phi) is 3.50. The second-order valence-electron chi connectivity index (χ2n) is 5.52. The van der Waals surface area contributed by atoms with Gasteiger partial charge < -0.3 is 5.11 Å². The van der Waals surface area contributed by atoms with E-state index in [0.717, 1.165) is 25.7 Å². The molecule has 2 heteroatoms. The van der Waals surface area contributed by atoms with E-state index < -0.39 is 0 Å². The zero-order valence-electron chi connectivity index (χ0n) is 10.1. The minimum absolute atomic E-state index is 0.234. The van der Waals surface area contributed by atoms with Crippen molar-refractivity contribution in [1.29, 1.82) is 0 Å². The van der Waals surface area contributed by atoms with Gasteiger partial charge in [-0.25, -0.2) is 0 Å². The zero-order valence-corrected chi connectivity index (χ0v) is 10.9. The second kappa shape index (κ2) is 4.72. The Morgan fingerprint density at radius 3 is 2.88 bits per heavy atom. The van der Waals surface area contributed by atoms with Crippen LogP contribution >= 0.6 is 11.3 Å². The van der Waals surface area contributed by atoms with Crippen LogP contribution in [0.5, 0.6) is 0 Å². The summed E-state index contributed by atoms with van der Waals surface area (Å²) in [4.78, 5) is 1.44. The maximum absolute atomic E-state index is 9.80. The van der Waals surface area contributed by atoms with Gasteiger partial charge in [-0.15, -0.1) is 11.3 Å². The van der Waals surface area contributed by atoms with Crippen LogP contribution in [-0.4, -0.2) is 11.2 Å². The van der Waals surface area contributed by atoms with Crippen LogP contribution in [0.25, 0.3) is 0 Å². The molecule has 1 N–H and O–H groups in total. The Morgan fingerprint density at radius 1 is 1.44 bits per heavy atom. The summed E-state index contributed by atoms with van der Waals surface area (Å²) in [5.74, 6) is 0. The van der Waals surface area contributed by atoms with Crippen LogP contribution in [0, 0.1) is 5.41 Å². The highest BCUT2D eigenvalue weighted by Gasteiger charge is 2.27. The molecule has 1 aliphatic carbocycles. The van der Waals surface area contributed by atoms with Crippen LogP contribution in [0.2, 0.25) is 0 Å². The molecule has 0 saturated heterocycles. The summed E-state index contributed by atoms with van der Waals surface area (Å²) in [7, 11) is 0. The van der Waals surface area contributed by atoms with Crippen molar-refractivity contribution in [3.05, 3.63) is 34.0 Å². The maximum Gasteiger partial charge on any atom is 0.0728 e.